The highest BCUT2D eigenvalue weighted by atomic mass is 19.4. The average molecular weight is 412 g/mol. The second kappa shape index (κ2) is 10.1. The van der Waals surface area contributed by atoms with E-state index in [1.165, 1.54) is 24.3 Å². The van der Waals surface area contributed by atoms with Crippen LogP contribution in [0.4, 0.5) is 26.3 Å². The third-order valence-electron chi connectivity index (χ3n) is 3.89. The molecule has 0 saturated heterocycles. The van der Waals surface area contributed by atoms with Crippen molar-refractivity contribution in [3.63, 3.8) is 0 Å². The Morgan fingerprint density at radius 2 is 1.66 bits per heavy atom. The lowest BCUT2D eigenvalue weighted by atomic mass is 10.1. The van der Waals surface area contributed by atoms with E-state index in [2.05, 4.69) is 16.6 Å². The molecular weight excluding hydrogens is 394 g/mol. The zero-order chi connectivity index (χ0) is 21.4. The summed E-state index contributed by atoms with van der Waals surface area (Å²) in [5.41, 5.74) is 0.0651. The van der Waals surface area contributed by atoms with Gasteiger partial charge in [-0.3, -0.25) is 0 Å². The maximum absolute atomic E-state index is 14.2. The van der Waals surface area contributed by atoms with Crippen molar-refractivity contribution in [3.8, 4) is 17.6 Å². The lowest BCUT2D eigenvalue weighted by Crippen LogP contribution is -2.16. The summed E-state index contributed by atoms with van der Waals surface area (Å²) in [6.45, 7) is 1.94. The third kappa shape index (κ3) is 7.22. The Morgan fingerprint density at radius 3 is 2.24 bits per heavy atom. The van der Waals surface area contributed by atoms with E-state index in [1.807, 2.05) is 6.92 Å². The molecule has 1 nitrogen and oxygen atoms in total. The van der Waals surface area contributed by atoms with Gasteiger partial charge in [0.15, 0.2) is 5.83 Å². The Kier molecular flexibility index (Phi) is 7.77. The molecule has 2 rings (SSSR count). The van der Waals surface area contributed by atoms with Gasteiger partial charge < -0.3 is 4.74 Å². The number of hydrogen-bond donors (Lipinski definition) is 0. The Labute approximate surface area is 165 Å². The van der Waals surface area contributed by atoms with E-state index in [0.29, 0.717) is 12.0 Å². The van der Waals surface area contributed by atoms with E-state index >= 15 is 0 Å². The largest absolute Gasteiger partial charge is 0.573 e. The highest BCUT2D eigenvalue weighted by Crippen LogP contribution is 2.26. The van der Waals surface area contributed by atoms with E-state index in [1.54, 1.807) is 0 Å². The number of hydrogen-bond acceptors (Lipinski definition) is 1. The Morgan fingerprint density at radius 1 is 0.966 bits per heavy atom. The fourth-order valence-corrected chi connectivity index (χ4v) is 2.43. The first kappa shape index (κ1) is 22.4. The number of rotatable bonds is 6. The number of benzene rings is 2. The van der Waals surface area contributed by atoms with Crippen molar-refractivity contribution in [3.05, 3.63) is 70.8 Å². The van der Waals surface area contributed by atoms with Gasteiger partial charge in [0.2, 0.25) is 0 Å². The number of halogens is 6. The number of allylic oxidation sites excluding steroid dienone is 1. The molecule has 0 fully saturated rings. The average Bonchev–Trinajstić information content (AvgIpc) is 2.66. The molecule has 2 aromatic carbocycles. The first-order valence-corrected chi connectivity index (χ1v) is 8.91. The Hall–Kier alpha value is -2.88. The van der Waals surface area contributed by atoms with Crippen molar-refractivity contribution in [1.82, 2.24) is 0 Å². The normalized spacial score (nSPS) is 12.1. The molecule has 0 saturated carbocycles. The van der Waals surface area contributed by atoms with E-state index in [9.17, 15) is 26.3 Å². The van der Waals surface area contributed by atoms with Crippen LogP contribution in [0.15, 0.2) is 48.3 Å². The third-order valence-corrected chi connectivity index (χ3v) is 3.89. The lowest BCUT2D eigenvalue weighted by Gasteiger charge is -2.08. The van der Waals surface area contributed by atoms with Crippen LogP contribution in [0.2, 0.25) is 0 Å². The molecule has 0 N–H and O–H groups in total. The predicted octanol–water partition coefficient (Wildman–Crippen LogP) is 7.31. The van der Waals surface area contributed by atoms with Crippen LogP contribution >= 0.6 is 0 Å². The van der Waals surface area contributed by atoms with Crippen LogP contribution in [0.5, 0.6) is 5.75 Å². The predicted molar refractivity (Wildman–Crippen MR) is 98.8 cm³/mol. The monoisotopic (exact) mass is 412 g/mol. The summed E-state index contributed by atoms with van der Waals surface area (Å²) < 4.78 is 82.2. The van der Waals surface area contributed by atoms with E-state index in [0.717, 1.165) is 31.0 Å². The van der Waals surface area contributed by atoms with Gasteiger partial charge in [-0.25, -0.2) is 13.2 Å². The fraction of sp³-hybridized carbons (Fsp3) is 0.273. The van der Waals surface area contributed by atoms with Gasteiger partial charge >= 0.3 is 6.36 Å². The van der Waals surface area contributed by atoms with Crippen LogP contribution < -0.4 is 4.74 Å². The van der Waals surface area contributed by atoms with Crippen molar-refractivity contribution >= 4 is 5.83 Å². The molecule has 0 aromatic heterocycles. The smallest absolute Gasteiger partial charge is 0.406 e. The second-order valence-electron chi connectivity index (χ2n) is 6.19. The van der Waals surface area contributed by atoms with Gasteiger partial charge in [-0.2, -0.15) is 0 Å². The second-order valence-corrected chi connectivity index (χ2v) is 6.19. The van der Waals surface area contributed by atoms with Crippen molar-refractivity contribution in [2.75, 3.05) is 0 Å². The summed E-state index contributed by atoms with van der Waals surface area (Å²) in [5.74, 6) is 1.86. The van der Waals surface area contributed by atoms with E-state index in [4.69, 9.17) is 0 Å². The molecule has 0 spiro atoms. The molecule has 0 unspecified atom stereocenters. The van der Waals surface area contributed by atoms with Crippen molar-refractivity contribution in [2.24, 2.45) is 0 Å². The van der Waals surface area contributed by atoms with Crippen LogP contribution in [0.25, 0.3) is 5.83 Å². The van der Waals surface area contributed by atoms with Gasteiger partial charge in [-0.1, -0.05) is 37.7 Å². The van der Waals surface area contributed by atoms with Crippen LogP contribution in [0.3, 0.4) is 0 Å². The minimum absolute atomic E-state index is 0.0447. The Balaban J connectivity index is 2.13. The fourth-order valence-electron chi connectivity index (χ4n) is 2.43. The topological polar surface area (TPSA) is 9.23 Å². The standard InChI is InChI=1S/C22H18F6O/c1-2-3-4-5-19(23)21(25)17-11-10-16(20(24)14-17)9-6-15-7-12-18(13-8-15)29-22(26,27)28/h7-8,10-14H,2-5H2,1H3/b21-19+. The highest BCUT2D eigenvalue weighted by Gasteiger charge is 2.30. The maximum atomic E-state index is 14.2. The zero-order valence-electron chi connectivity index (χ0n) is 15.5. The molecule has 2 aromatic rings. The van der Waals surface area contributed by atoms with Crippen molar-refractivity contribution in [2.45, 2.75) is 39.0 Å². The van der Waals surface area contributed by atoms with Gasteiger partial charge in [-0.15, -0.1) is 13.2 Å². The van der Waals surface area contributed by atoms with Gasteiger partial charge in [0.25, 0.3) is 0 Å². The Bertz CT molecular complexity index is 917. The molecule has 0 heterocycles. The van der Waals surface area contributed by atoms with Crippen molar-refractivity contribution < 1.29 is 31.1 Å². The molecule has 0 aliphatic rings. The number of alkyl halides is 3. The molecule has 154 valence electrons. The van der Waals surface area contributed by atoms with Gasteiger partial charge in [-0.05, 0) is 42.8 Å². The molecule has 7 heteroatoms. The molecule has 0 aliphatic heterocycles. The summed E-state index contributed by atoms with van der Waals surface area (Å²) in [7, 11) is 0. The molecule has 0 radical (unpaired) electrons. The lowest BCUT2D eigenvalue weighted by molar-refractivity contribution is -0.274. The summed E-state index contributed by atoms with van der Waals surface area (Å²) in [5, 5.41) is 0. The van der Waals surface area contributed by atoms with Crippen LogP contribution in [-0.2, 0) is 0 Å². The first-order chi connectivity index (χ1) is 13.7. The minimum atomic E-state index is -4.79. The highest BCUT2D eigenvalue weighted by molar-refractivity contribution is 5.62. The SMILES string of the molecule is CCCCC/C(F)=C(\F)c1ccc(C#Cc2ccc(OC(F)(F)F)cc2)c(F)c1. The summed E-state index contributed by atoms with van der Waals surface area (Å²) in [4.78, 5) is 0. The summed E-state index contributed by atoms with van der Waals surface area (Å²) in [6.07, 6.45) is -2.69. The summed E-state index contributed by atoms with van der Waals surface area (Å²) in [6, 6.07) is 8.04. The molecule has 29 heavy (non-hydrogen) atoms. The summed E-state index contributed by atoms with van der Waals surface area (Å²) >= 11 is 0. The molecule has 0 aliphatic carbocycles. The van der Waals surface area contributed by atoms with E-state index in [-0.39, 0.29) is 17.5 Å². The maximum Gasteiger partial charge on any atom is 0.573 e. The molecule has 0 amide bonds. The van der Waals surface area contributed by atoms with Crippen LogP contribution in [0.1, 0.15) is 49.3 Å². The molecule has 0 bridgehead atoms. The van der Waals surface area contributed by atoms with Gasteiger partial charge in [0, 0.05) is 17.5 Å². The quantitative estimate of drug-likeness (QED) is 0.275. The first-order valence-electron chi connectivity index (χ1n) is 8.91. The van der Waals surface area contributed by atoms with Crippen LogP contribution in [0, 0.1) is 17.7 Å². The van der Waals surface area contributed by atoms with Crippen LogP contribution in [-0.4, -0.2) is 6.36 Å². The molecular formula is C22H18F6O. The number of ether oxygens (including phenoxy) is 1. The van der Waals surface area contributed by atoms with E-state index < -0.39 is 29.6 Å². The zero-order valence-corrected chi connectivity index (χ0v) is 15.5. The van der Waals surface area contributed by atoms with Gasteiger partial charge in [0.05, 0.1) is 5.56 Å². The number of unbranched alkanes of at least 4 members (excludes halogenated alkanes) is 2. The molecule has 0 atom stereocenters. The van der Waals surface area contributed by atoms with Gasteiger partial charge in [0.1, 0.15) is 17.4 Å². The minimum Gasteiger partial charge on any atom is -0.406 e. The van der Waals surface area contributed by atoms with Crippen molar-refractivity contribution in [1.29, 1.82) is 0 Å².